The van der Waals surface area contributed by atoms with Crippen molar-refractivity contribution in [2.45, 2.75) is 84.7 Å². The number of nitrogens with one attached hydrogen (secondary N) is 3. The molecule has 0 aliphatic rings. The maximum atomic E-state index is 14.1. The third-order valence-corrected chi connectivity index (χ3v) is 9.42. The second-order valence-electron chi connectivity index (χ2n) is 13.7. The highest BCUT2D eigenvalue weighted by Gasteiger charge is 2.41. The molecule has 3 unspecified atom stereocenters. The predicted molar refractivity (Wildman–Crippen MR) is 183 cm³/mol. The molecule has 0 saturated carbocycles. The minimum Gasteiger partial charge on any atom is -0.342 e. The van der Waals surface area contributed by atoms with Gasteiger partial charge in [0.2, 0.25) is 21.8 Å². The van der Waals surface area contributed by atoms with Crippen LogP contribution in [0.15, 0.2) is 66.2 Å². The fourth-order valence-corrected chi connectivity index (χ4v) is 6.60. The maximum absolute atomic E-state index is 14.1. The van der Waals surface area contributed by atoms with Crippen LogP contribution < -0.4 is 15.4 Å². The lowest BCUT2D eigenvalue weighted by Crippen LogP contribution is -2.61. The Labute approximate surface area is 278 Å². The van der Waals surface area contributed by atoms with Gasteiger partial charge in [-0.05, 0) is 30.9 Å². The summed E-state index contributed by atoms with van der Waals surface area (Å²) in [6, 6.07) is 12.8. The van der Waals surface area contributed by atoms with Gasteiger partial charge in [-0.2, -0.15) is 0 Å². The number of para-hydroxylation sites is 1. The molecule has 258 valence electrons. The van der Waals surface area contributed by atoms with Gasteiger partial charge in [-0.25, -0.2) is 13.1 Å². The normalized spacial score (nSPS) is 14.6. The summed E-state index contributed by atoms with van der Waals surface area (Å²) in [4.78, 5) is 53.0. The van der Waals surface area contributed by atoms with Crippen LogP contribution in [0.5, 0.6) is 0 Å². The SMILES string of the molecule is CNC(C(=O)NC(C(=O)N(C)C(/C=C(\C)C(=O)NS(=O)(=O)Cc1ccccc1[N+](=O)[O-])C(C)C)C(C)(C)C)C(C)(C)c1ccccc1. The average Bonchev–Trinajstić information content (AvgIpc) is 2.97. The lowest BCUT2D eigenvalue weighted by molar-refractivity contribution is -0.385. The van der Waals surface area contributed by atoms with Crippen LogP contribution in [-0.2, 0) is 35.6 Å². The molecular weight excluding hydrogens is 622 g/mol. The number of carbonyl (C=O) groups excluding carboxylic acids is 3. The van der Waals surface area contributed by atoms with Crippen molar-refractivity contribution < 1.29 is 27.7 Å². The maximum Gasteiger partial charge on any atom is 0.273 e. The first-order valence-corrected chi connectivity index (χ1v) is 17.0. The Morgan fingerprint density at radius 3 is 2.02 bits per heavy atom. The number of rotatable bonds is 14. The summed E-state index contributed by atoms with van der Waals surface area (Å²) >= 11 is 0. The summed E-state index contributed by atoms with van der Waals surface area (Å²) in [6.07, 6.45) is 1.51. The largest absolute Gasteiger partial charge is 0.342 e. The lowest BCUT2D eigenvalue weighted by Gasteiger charge is -2.40. The Bertz CT molecular complexity index is 1580. The molecule has 2 aromatic rings. The van der Waals surface area contributed by atoms with Crippen LogP contribution in [-0.4, -0.2) is 68.2 Å². The van der Waals surface area contributed by atoms with Crippen LogP contribution in [0, 0.1) is 21.4 Å². The molecule has 0 aliphatic carbocycles. The van der Waals surface area contributed by atoms with Crippen molar-refractivity contribution in [1.29, 1.82) is 0 Å². The van der Waals surface area contributed by atoms with E-state index in [9.17, 15) is 32.9 Å². The van der Waals surface area contributed by atoms with Crippen LogP contribution in [0.3, 0.4) is 0 Å². The molecule has 2 aromatic carbocycles. The van der Waals surface area contributed by atoms with Gasteiger partial charge in [-0.1, -0.05) is 103 Å². The molecule has 0 radical (unpaired) electrons. The number of nitrogens with zero attached hydrogens (tertiary/aromatic N) is 2. The van der Waals surface area contributed by atoms with E-state index in [1.165, 1.54) is 42.2 Å². The van der Waals surface area contributed by atoms with Gasteiger partial charge >= 0.3 is 0 Å². The quantitative estimate of drug-likeness (QED) is 0.154. The van der Waals surface area contributed by atoms with Gasteiger partial charge in [-0.3, -0.25) is 24.5 Å². The Morgan fingerprint density at radius 2 is 1.51 bits per heavy atom. The number of amides is 3. The van der Waals surface area contributed by atoms with Gasteiger partial charge in [0.05, 0.1) is 17.0 Å². The van der Waals surface area contributed by atoms with E-state index in [1.54, 1.807) is 14.1 Å². The second-order valence-corrected chi connectivity index (χ2v) is 15.4. The second kappa shape index (κ2) is 15.7. The molecule has 3 amide bonds. The molecule has 0 spiro atoms. The topological polar surface area (TPSA) is 168 Å². The first-order valence-electron chi connectivity index (χ1n) is 15.4. The average molecular weight is 672 g/mol. The summed E-state index contributed by atoms with van der Waals surface area (Å²) in [5.41, 5.74) is -0.756. The van der Waals surface area contributed by atoms with Gasteiger partial charge in [0, 0.05) is 29.7 Å². The van der Waals surface area contributed by atoms with E-state index < -0.39 is 55.6 Å². The lowest BCUT2D eigenvalue weighted by atomic mass is 9.76. The highest BCUT2D eigenvalue weighted by atomic mass is 32.2. The van der Waals surface area contributed by atoms with Crippen LogP contribution in [0.25, 0.3) is 0 Å². The van der Waals surface area contributed by atoms with E-state index in [-0.39, 0.29) is 34.6 Å². The standard InChI is InChI=1S/C34H49N5O7S/c1-22(2)27(20-23(3)30(40)37-47(45,46)21-24-16-14-15-19-26(24)39(43)44)38(10)32(42)29(33(4,5)6)36-31(41)28(35-9)34(7,8)25-17-12-11-13-18-25/h11-20,22,27-29,35H,21H2,1-10H3,(H,36,41)(H,37,40)/b23-20+. The first kappa shape index (κ1) is 39.1. The predicted octanol–water partition coefficient (Wildman–Crippen LogP) is 4.07. The van der Waals surface area contributed by atoms with Crippen molar-refractivity contribution in [2.75, 3.05) is 14.1 Å². The van der Waals surface area contributed by atoms with Gasteiger partial charge in [0.15, 0.2) is 0 Å². The van der Waals surface area contributed by atoms with Crippen molar-refractivity contribution in [1.82, 2.24) is 20.3 Å². The van der Waals surface area contributed by atoms with Crippen LogP contribution >= 0.6 is 0 Å². The fourth-order valence-electron chi connectivity index (χ4n) is 5.44. The number of carbonyl (C=O) groups is 3. The number of sulfonamides is 1. The van der Waals surface area contributed by atoms with Crippen LogP contribution in [0.1, 0.15) is 66.5 Å². The Kier molecular flexibility index (Phi) is 13.0. The summed E-state index contributed by atoms with van der Waals surface area (Å²) < 4.78 is 27.6. The molecular formula is C34H49N5O7S. The molecule has 0 fully saturated rings. The van der Waals surface area contributed by atoms with Crippen molar-refractivity contribution in [3.05, 3.63) is 87.5 Å². The molecule has 13 heteroatoms. The van der Waals surface area contributed by atoms with Gasteiger partial charge in [-0.15, -0.1) is 0 Å². The van der Waals surface area contributed by atoms with E-state index in [0.29, 0.717) is 0 Å². The summed E-state index contributed by atoms with van der Waals surface area (Å²) in [5.74, 6) is -2.62. The van der Waals surface area contributed by atoms with E-state index >= 15 is 0 Å². The molecule has 0 aromatic heterocycles. The number of hydrogen-bond donors (Lipinski definition) is 3. The van der Waals surface area contributed by atoms with E-state index in [1.807, 2.05) is 83.5 Å². The zero-order chi connectivity index (χ0) is 35.9. The molecule has 0 bridgehead atoms. The summed E-state index contributed by atoms with van der Waals surface area (Å²) in [6.45, 7) is 14.6. The monoisotopic (exact) mass is 671 g/mol. The molecule has 0 heterocycles. The smallest absolute Gasteiger partial charge is 0.273 e. The Morgan fingerprint density at radius 1 is 0.957 bits per heavy atom. The summed E-state index contributed by atoms with van der Waals surface area (Å²) in [7, 11) is -1.02. The number of benzene rings is 2. The zero-order valence-electron chi connectivity index (χ0n) is 29.0. The third-order valence-electron chi connectivity index (χ3n) is 8.23. The molecule has 0 aliphatic heterocycles. The number of hydrogen-bond acceptors (Lipinski definition) is 8. The van der Waals surface area contributed by atoms with Crippen molar-refractivity contribution in [3.8, 4) is 0 Å². The van der Waals surface area contributed by atoms with E-state index in [2.05, 4.69) is 10.6 Å². The van der Waals surface area contributed by atoms with Crippen molar-refractivity contribution >= 4 is 33.4 Å². The fraction of sp³-hybridized carbons (Fsp3) is 0.500. The van der Waals surface area contributed by atoms with Crippen LogP contribution in [0.4, 0.5) is 5.69 Å². The molecule has 47 heavy (non-hydrogen) atoms. The number of likely N-dealkylation sites (N-methyl/N-ethyl adjacent to an activating group) is 2. The molecule has 3 N–H and O–H groups in total. The van der Waals surface area contributed by atoms with E-state index in [4.69, 9.17) is 0 Å². The first-order chi connectivity index (χ1) is 21.6. The number of nitro benzene ring substituents is 1. The highest BCUT2D eigenvalue weighted by molar-refractivity contribution is 7.89. The summed E-state index contributed by atoms with van der Waals surface area (Å²) in [5, 5.41) is 17.4. The zero-order valence-corrected chi connectivity index (χ0v) is 29.8. The van der Waals surface area contributed by atoms with Gasteiger partial charge in [0.25, 0.3) is 11.6 Å². The van der Waals surface area contributed by atoms with E-state index in [0.717, 1.165) is 5.56 Å². The minimum absolute atomic E-state index is 0.0330. The number of nitro groups is 1. The molecule has 0 saturated heterocycles. The molecule has 3 atom stereocenters. The minimum atomic E-state index is -4.30. The molecule has 2 rings (SSSR count). The Balaban J connectivity index is 2.31. The van der Waals surface area contributed by atoms with Crippen LogP contribution in [0.2, 0.25) is 0 Å². The molecule has 12 nitrogen and oxygen atoms in total. The third kappa shape index (κ3) is 10.2. The van der Waals surface area contributed by atoms with Crippen molar-refractivity contribution in [2.24, 2.45) is 11.3 Å². The van der Waals surface area contributed by atoms with Gasteiger partial charge in [0.1, 0.15) is 11.8 Å². The Hall–Kier alpha value is -4.10. The van der Waals surface area contributed by atoms with Gasteiger partial charge < -0.3 is 15.5 Å². The highest BCUT2D eigenvalue weighted by Crippen LogP contribution is 2.29. The van der Waals surface area contributed by atoms with Crippen molar-refractivity contribution in [3.63, 3.8) is 0 Å².